The minimum atomic E-state index is -0.372. The topological polar surface area (TPSA) is 32.8 Å². The third kappa shape index (κ3) is 4.93. The molecule has 0 saturated carbocycles. The average molecular weight is 322 g/mol. The van der Waals surface area contributed by atoms with Gasteiger partial charge >= 0.3 is 0 Å². The van der Waals surface area contributed by atoms with Crippen LogP contribution in [0.25, 0.3) is 0 Å². The smallest absolute Gasteiger partial charge is 0.236 e. The van der Waals surface area contributed by atoms with Gasteiger partial charge in [-0.2, -0.15) is 0 Å². The first-order valence-corrected chi connectivity index (χ1v) is 8.17. The van der Waals surface area contributed by atoms with Gasteiger partial charge in [0, 0.05) is 19.6 Å². The second-order valence-electron chi connectivity index (χ2n) is 6.89. The number of hydrogen-bond donors (Lipinski definition) is 0. The Morgan fingerprint density at radius 1 is 1.35 bits per heavy atom. The Morgan fingerprint density at radius 3 is 2.57 bits per heavy atom. The van der Waals surface area contributed by atoms with Crippen LogP contribution in [0, 0.1) is 17.7 Å². The first-order valence-electron chi connectivity index (χ1n) is 8.17. The van der Waals surface area contributed by atoms with Crippen molar-refractivity contribution in [2.45, 2.75) is 26.8 Å². The summed E-state index contributed by atoms with van der Waals surface area (Å²) in [5.74, 6) is 1.14. The summed E-state index contributed by atoms with van der Waals surface area (Å²) in [5, 5.41) is 0. The molecule has 2 atom stereocenters. The number of amides is 1. The highest BCUT2D eigenvalue weighted by Gasteiger charge is 2.25. The van der Waals surface area contributed by atoms with E-state index in [1.807, 2.05) is 22.9 Å². The van der Waals surface area contributed by atoms with Crippen LogP contribution in [-0.2, 0) is 11.3 Å². The van der Waals surface area contributed by atoms with E-state index in [0.717, 1.165) is 18.7 Å². The monoisotopic (exact) mass is 322 g/mol. The maximum Gasteiger partial charge on any atom is 0.236 e. The SMILES string of the molecule is COc1ccc(CN(C)CC(=O)N2CC(C)CC(C)C2)cc1F. The van der Waals surface area contributed by atoms with E-state index in [2.05, 4.69) is 13.8 Å². The Balaban J connectivity index is 1.90. The maximum absolute atomic E-state index is 13.7. The molecule has 0 spiro atoms. The molecule has 1 aromatic carbocycles. The van der Waals surface area contributed by atoms with Crippen molar-refractivity contribution in [1.82, 2.24) is 9.80 Å². The van der Waals surface area contributed by atoms with Gasteiger partial charge in [-0.15, -0.1) is 0 Å². The molecule has 128 valence electrons. The second kappa shape index (κ2) is 7.77. The quantitative estimate of drug-likeness (QED) is 0.836. The molecule has 1 aliphatic heterocycles. The molecule has 5 heteroatoms. The molecule has 1 amide bonds. The molecular formula is C18H27FN2O2. The lowest BCUT2D eigenvalue weighted by Gasteiger charge is -2.35. The summed E-state index contributed by atoms with van der Waals surface area (Å²) >= 11 is 0. The van der Waals surface area contributed by atoms with Crippen molar-refractivity contribution < 1.29 is 13.9 Å². The van der Waals surface area contributed by atoms with Crippen LogP contribution in [0.5, 0.6) is 5.75 Å². The molecule has 0 aromatic heterocycles. The van der Waals surface area contributed by atoms with Crippen LogP contribution >= 0.6 is 0 Å². The summed E-state index contributed by atoms with van der Waals surface area (Å²) in [6, 6.07) is 4.91. The standard InChI is InChI=1S/C18H27FN2O2/c1-13-7-14(2)10-21(9-13)18(22)12-20(3)11-15-5-6-17(23-4)16(19)8-15/h5-6,8,13-14H,7,9-12H2,1-4H3. The molecule has 0 aliphatic carbocycles. The van der Waals surface area contributed by atoms with E-state index in [-0.39, 0.29) is 17.5 Å². The number of likely N-dealkylation sites (N-methyl/N-ethyl adjacent to an activating group) is 1. The van der Waals surface area contributed by atoms with Gasteiger partial charge in [-0.1, -0.05) is 19.9 Å². The summed E-state index contributed by atoms with van der Waals surface area (Å²) in [6.07, 6.45) is 1.19. The lowest BCUT2D eigenvalue weighted by Crippen LogP contribution is -2.46. The predicted octanol–water partition coefficient (Wildman–Crippen LogP) is 2.77. The van der Waals surface area contributed by atoms with Gasteiger partial charge in [0.1, 0.15) is 0 Å². The highest BCUT2D eigenvalue weighted by Crippen LogP contribution is 2.21. The number of ether oxygens (including phenoxy) is 1. The third-order valence-electron chi connectivity index (χ3n) is 4.30. The number of carbonyl (C=O) groups excluding carboxylic acids is 1. The number of benzene rings is 1. The van der Waals surface area contributed by atoms with Gasteiger partial charge in [0.2, 0.25) is 5.91 Å². The van der Waals surface area contributed by atoms with E-state index in [9.17, 15) is 9.18 Å². The molecule has 23 heavy (non-hydrogen) atoms. The largest absolute Gasteiger partial charge is 0.494 e. The van der Waals surface area contributed by atoms with Crippen molar-refractivity contribution in [3.05, 3.63) is 29.6 Å². The van der Waals surface area contributed by atoms with E-state index in [4.69, 9.17) is 4.74 Å². The Labute approximate surface area is 138 Å². The van der Waals surface area contributed by atoms with E-state index < -0.39 is 0 Å². The van der Waals surface area contributed by atoms with Crippen LogP contribution < -0.4 is 4.74 Å². The van der Waals surface area contributed by atoms with E-state index in [1.54, 1.807) is 6.07 Å². The second-order valence-corrected chi connectivity index (χ2v) is 6.89. The first-order chi connectivity index (χ1) is 10.9. The molecule has 4 nitrogen and oxygen atoms in total. The molecule has 1 aliphatic rings. The van der Waals surface area contributed by atoms with E-state index in [1.165, 1.54) is 19.6 Å². The fraction of sp³-hybridized carbons (Fsp3) is 0.611. The Bertz CT molecular complexity index is 540. The zero-order chi connectivity index (χ0) is 17.0. The molecular weight excluding hydrogens is 295 g/mol. The lowest BCUT2D eigenvalue weighted by atomic mass is 9.92. The molecule has 1 fully saturated rings. The van der Waals surface area contributed by atoms with E-state index >= 15 is 0 Å². The lowest BCUT2D eigenvalue weighted by molar-refractivity contribution is -0.134. The molecule has 1 heterocycles. The number of carbonyl (C=O) groups is 1. The van der Waals surface area contributed by atoms with Crippen LogP contribution in [0.15, 0.2) is 18.2 Å². The van der Waals surface area contributed by atoms with Gasteiger partial charge in [0.25, 0.3) is 0 Å². The number of nitrogens with zero attached hydrogens (tertiary/aromatic N) is 2. The van der Waals surface area contributed by atoms with Crippen molar-refractivity contribution in [3.63, 3.8) is 0 Å². The fourth-order valence-electron chi connectivity index (χ4n) is 3.37. The Morgan fingerprint density at radius 2 is 2.00 bits per heavy atom. The Hall–Kier alpha value is -1.62. The first kappa shape index (κ1) is 17.7. The van der Waals surface area contributed by atoms with Crippen molar-refractivity contribution in [1.29, 1.82) is 0 Å². The molecule has 1 saturated heterocycles. The van der Waals surface area contributed by atoms with Crippen molar-refractivity contribution in [2.75, 3.05) is 33.8 Å². The van der Waals surface area contributed by atoms with Gasteiger partial charge in [0.15, 0.2) is 11.6 Å². The minimum absolute atomic E-state index is 0.153. The number of piperidine rings is 1. The molecule has 2 rings (SSSR count). The van der Waals surface area contributed by atoms with Crippen LogP contribution in [0.1, 0.15) is 25.8 Å². The highest BCUT2D eigenvalue weighted by atomic mass is 19.1. The Kier molecular flexibility index (Phi) is 5.99. The average Bonchev–Trinajstić information content (AvgIpc) is 2.46. The number of hydrogen-bond acceptors (Lipinski definition) is 3. The van der Waals surface area contributed by atoms with Gasteiger partial charge in [-0.3, -0.25) is 9.69 Å². The van der Waals surface area contributed by atoms with Gasteiger partial charge in [0.05, 0.1) is 13.7 Å². The number of halogens is 1. The molecule has 1 aromatic rings. The summed E-state index contributed by atoms with van der Waals surface area (Å²) in [5.41, 5.74) is 0.832. The highest BCUT2D eigenvalue weighted by molar-refractivity contribution is 5.78. The number of methoxy groups -OCH3 is 1. The third-order valence-corrected chi connectivity index (χ3v) is 4.30. The molecule has 0 bridgehead atoms. The van der Waals surface area contributed by atoms with Gasteiger partial charge in [-0.05, 0) is 43.0 Å². The summed E-state index contributed by atoms with van der Waals surface area (Å²) in [7, 11) is 3.33. The summed E-state index contributed by atoms with van der Waals surface area (Å²) < 4.78 is 18.6. The van der Waals surface area contributed by atoms with E-state index in [0.29, 0.717) is 24.9 Å². The zero-order valence-corrected chi connectivity index (χ0v) is 14.5. The molecule has 2 unspecified atom stereocenters. The maximum atomic E-state index is 13.7. The van der Waals surface area contributed by atoms with Crippen LogP contribution in [0.4, 0.5) is 4.39 Å². The molecule has 0 radical (unpaired) electrons. The summed E-state index contributed by atoms with van der Waals surface area (Å²) in [4.78, 5) is 16.3. The van der Waals surface area contributed by atoms with Gasteiger partial charge in [-0.25, -0.2) is 4.39 Å². The number of likely N-dealkylation sites (tertiary alicyclic amines) is 1. The number of rotatable bonds is 5. The van der Waals surface area contributed by atoms with Crippen molar-refractivity contribution in [2.24, 2.45) is 11.8 Å². The summed E-state index contributed by atoms with van der Waals surface area (Å²) in [6.45, 7) is 6.96. The van der Waals surface area contributed by atoms with Gasteiger partial charge < -0.3 is 9.64 Å². The normalized spacial score (nSPS) is 21.6. The van der Waals surface area contributed by atoms with Crippen molar-refractivity contribution in [3.8, 4) is 5.75 Å². The predicted molar refractivity (Wildman–Crippen MR) is 88.8 cm³/mol. The van der Waals surface area contributed by atoms with Crippen LogP contribution in [0.2, 0.25) is 0 Å². The van der Waals surface area contributed by atoms with Crippen LogP contribution in [-0.4, -0.2) is 49.5 Å². The van der Waals surface area contributed by atoms with Crippen LogP contribution in [0.3, 0.4) is 0 Å². The minimum Gasteiger partial charge on any atom is -0.494 e. The zero-order valence-electron chi connectivity index (χ0n) is 14.5. The molecule has 0 N–H and O–H groups in total. The van der Waals surface area contributed by atoms with Crippen molar-refractivity contribution >= 4 is 5.91 Å². The fourth-order valence-corrected chi connectivity index (χ4v) is 3.37.